The normalized spacial score (nSPS) is 10.1. The van der Waals surface area contributed by atoms with Gasteiger partial charge in [-0.15, -0.1) is 0 Å². The highest BCUT2D eigenvalue weighted by Gasteiger charge is 2.20. The van der Waals surface area contributed by atoms with Crippen LogP contribution in [0.15, 0.2) is 36.4 Å². The smallest absolute Gasteiger partial charge is 0.345 e. The lowest BCUT2D eigenvalue weighted by molar-refractivity contribution is -0.385. The topological polar surface area (TPSA) is 122 Å². The zero-order valence-electron chi connectivity index (χ0n) is 12.1. The average Bonchev–Trinajstić information content (AvgIpc) is 2.54. The molecule has 0 heterocycles. The number of hydrogen-bond acceptors (Lipinski definition) is 7. The van der Waals surface area contributed by atoms with Crippen molar-refractivity contribution < 1.29 is 24.1 Å². The quantitative estimate of drug-likeness (QED) is 0.350. The predicted molar refractivity (Wildman–Crippen MR) is 82.7 cm³/mol. The molecule has 2 rings (SSSR count). The molecule has 0 aliphatic heterocycles. The molecule has 2 aromatic rings. The van der Waals surface area contributed by atoms with Crippen LogP contribution >= 0.6 is 11.6 Å². The summed E-state index contributed by atoms with van der Waals surface area (Å²) < 4.78 is 10.0. The Bertz CT molecular complexity index is 838. The van der Waals surface area contributed by atoms with Crippen LogP contribution in [0.1, 0.15) is 10.4 Å². The van der Waals surface area contributed by atoms with E-state index in [1.807, 2.05) is 0 Å². The summed E-state index contributed by atoms with van der Waals surface area (Å²) in [5.74, 6) is -1.01. The van der Waals surface area contributed by atoms with E-state index in [0.29, 0.717) is 0 Å². The van der Waals surface area contributed by atoms with Crippen molar-refractivity contribution in [2.75, 3.05) is 7.11 Å². The molecule has 24 heavy (non-hydrogen) atoms. The molecule has 0 amide bonds. The zero-order valence-corrected chi connectivity index (χ0v) is 12.9. The molecule has 0 spiro atoms. The van der Waals surface area contributed by atoms with Gasteiger partial charge in [0.1, 0.15) is 0 Å². The Morgan fingerprint density at radius 2 is 1.58 bits per heavy atom. The minimum absolute atomic E-state index is 0.104. The highest BCUT2D eigenvalue weighted by atomic mass is 35.5. The second kappa shape index (κ2) is 6.92. The van der Waals surface area contributed by atoms with E-state index in [2.05, 4.69) is 0 Å². The number of rotatable bonds is 5. The number of nitro benzene ring substituents is 2. The van der Waals surface area contributed by atoms with Gasteiger partial charge in [0.05, 0.1) is 33.6 Å². The molecule has 10 heteroatoms. The second-order valence-electron chi connectivity index (χ2n) is 4.40. The fourth-order valence-corrected chi connectivity index (χ4v) is 2.05. The molecule has 2 aromatic carbocycles. The summed E-state index contributed by atoms with van der Waals surface area (Å²) in [7, 11) is 1.30. The van der Waals surface area contributed by atoms with Crippen molar-refractivity contribution >= 4 is 28.9 Å². The second-order valence-corrected chi connectivity index (χ2v) is 4.81. The van der Waals surface area contributed by atoms with E-state index >= 15 is 0 Å². The van der Waals surface area contributed by atoms with E-state index in [4.69, 9.17) is 21.1 Å². The third-order valence-corrected chi connectivity index (χ3v) is 3.26. The van der Waals surface area contributed by atoms with Gasteiger partial charge in [0.25, 0.3) is 11.4 Å². The van der Waals surface area contributed by atoms with Crippen molar-refractivity contribution in [3.63, 3.8) is 0 Å². The first-order chi connectivity index (χ1) is 11.3. The van der Waals surface area contributed by atoms with Gasteiger partial charge in [-0.25, -0.2) is 4.79 Å². The van der Waals surface area contributed by atoms with Crippen LogP contribution in [-0.4, -0.2) is 22.9 Å². The lowest BCUT2D eigenvalue weighted by Crippen LogP contribution is -2.10. The summed E-state index contributed by atoms with van der Waals surface area (Å²) in [6, 6.07) is 6.71. The van der Waals surface area contributed by atoms with Crippen LogP contribution in [0.3, 0.4) is 0 Å². The molecule has 0 aromatic heterocycles. The molecule has 0 aliphatic rings. The van der Waals surface area contributed by atoms with Crippen molar-refractivity contribution in [2.24, 2.45) is 0 Å². The van der Waals surface area contributed by atoms with Gasteiger partial charge >= 0.3 is 5.97 Å². The molecule has 9 nitrogen and oxygen atoms in total. The largest absolute Gasteiger partial charge is 0.493 e. The fraction of sp³-hybridized carbons (Fsp3) is 0.0714. The maximum absolute atomic E-state index is 12.2. The number of non-ortho nitro benzene ring substituents is 2. The Morgan fingerprint density at radius 3 is 2.12 bits per heavy atom. The van der Waals surface area contributed by atoms with E-state index in [1.54, 1.807) is 0 Å². The molecule has 0 saturated carbocycles. The standard InChI is InChI=1S/C14H9ClN2O7/c1-23-12-5-3-9(17(21)22)7-13(12)24-14(18)10-4-2-8(16(19)20)6-11(10)15/h2-7H,1H3. The van der Waals surface area contributed by atoms with Gasteiger partial charge < -0.3 is 9.47 Å². The number of benzene rings is 2. The highest BCUT2D eigenvalue weighted by Crippen LogP contribution is 2.32. The number of ether oxygens (including phenoxy) is 2. The Kier molecular flexibility index (Phi) is 4.95. The first-order valence-electron chi connectivity index (χ1n) is 6.32. The summed E-state index contributed by atoms with van der Waals surface area (Å²) in [5, 5.41) is 21.3. The van der Waals surface area contributed by atoms with Gasteiger partial charge in [-0.3, -0.25) is 20.2 Å². The number of nitrogens with zero attached hydrogens (tertiary/aromatic N) is 2. The monoisotopic (exact) mass is 352 g/mol. The molecule has 0 atom stereocenters. The number of nitro groups is 2. The Balaban J connectivity index is 2.34. The third kappa shape index (κ3) is 3.58. The van der Waals surface area contributed by atoms with Crippen LogP contribution in [0.2, 0.25) is 5.02 Å². The molecule has 0 bridgehead atoms. The van der Waals surface area contributed by atoms with Crippen LogP contribution in [-0.2, 0) is 0 Å². The molecule has 0 unspecified atom stereocenters. The molecule has 0 saturated heterocycles. The minimum atomic E-state index is -0.936. The maximum Gasteiger partial charge on any atom is 0.345 e. The number of carbonyl (C=O) groups excluding carboxylic acids is 1. The van der Waals surface area contributed by atoms with Crippen LogP contribution < -0.4 is 9.47 Å². The Labute approximate surface area is 139 Å². The first-order valence-corrected chi connectivity index (χ1v) is 6.70. The molecule has 124 valence electrons. The highest BCUT2D eigenvalue weighted by molar-refractivity contribution is 6.33. The van der Waals surface area contributed by atoms with Crippen LogP contribution in [0, 0.1) is 20.2 Å². The predicted octanol–water partition coefficient (Wildman–Crippen LogP) is 3.38. The van der Waals surface area contributed by atoms with Gasteiger partial charge in [0, 0.05) is 18.2 Å². The number of hydrogen-bond donors (Lipinski definition) is 0. The SMILES string of the molecule is COc1ccc([N+](=O)[O-])cc1OC(=O)c1ccc([N+](=O)[O-])cc1Cl. The third-order valence-electron chi connectivity index (χ3n) is 2.94. The molecule has 0 fully saturated rings. The van der Waals surface area contributed by atoms with Crippen LogP contribution in [0.25, 0.3) is 0 Å². The van der Waals surface area contributed by atoms with Crippen molar-refractivity contribution in [2.45, 2.75) is 0 Å². The van der Waals surface area contributed by atoms with Crippen molar-refractivity contribution in [1.29, 1.82) is 0 Å². The van der Waals surface area contributed by atoms with Crippen LogP contribution in [0.5, 0.6) is 11.5 Å². The van der Waals surface area contributed by atoms with Crippen molar-refractivity contribution in [3.8, 4) is 11.5 Å². The minimum Gasteiger partial charge on any atom is -0.493 e. The van der Waals surface area contributed by atoms with E-state index in [9.17, 15) is 25.0 Å². The van der Waals surface area contributed by atoms with Gasteiger partial charge in [0.2, 0.25) is 0 Å². The van der Waals surface area contributed by atoms with Crippen molar-refractivity contribution in [3.05, 3.63) is 67.2 Å². The lowest BCUT2D eigenvalue weighted by atomic mass is 10.2. The Hall–Kier alpha value is -3.20. The summed E-state index contributed by atoms with van der Waals surface area (Å²) in [5.41, 5.74) is -0.714. The summed E-state index contributed by atoms with van der Waals surface area (Å²) in [6.07, 6.45) is 0. The molecular formula is C14H9ClN2O7. The summed E-state index contributed by atoms with van der Waals surface area (Å²) >= 11 is 5.85. The van der Waals surface area contributed by atoms with Gasteiger partial charge in [0.15, 0.2) is 11.5 Å². The van der Waals surface area contributed by atoms with E-state index in [-0.39, 0.29) is 33.5 Å². The van der Waals surface area contributed by atoms with E-state index < -0.39 is 15.8 Å². The number of esters is 1. The number of halogens is 1. The zero-order chi connectivity index (χ0) is 17.9. The lowest BCUT2D eigenvalue weighted by Gasteiger charge is -2.09. The number of carbonyl (C=O) groups is 1. The van der Waals surface area contributed by atoms with Crippen LogP contribution in [0.4, 0.5) is 11.4 Å². The van der Waals surface area contributed by atoms with Gasteiger partial charge in [-0.1, -0.05) is 11.6 Å². The maximum atomic E-state index is 12.2. The summed E-state index contributed by atoms with van der Waals surface area (Å²) in [6.45, 7) is 0. The van der Waals surface area contributed by atoms with Gasteiger partial charge in [-0.2, -0.15) is 0 Å². The fourth-order valence-electron chi connectivity index (χ4n) is 1.80. The molecular weight excluding hydrogens is 344 g/mol. The number of methoxy groups -OCH3 is 1. The van der Waals surface area contributed by atoms with E-state index in [1.165, 1.54) is 19.2 Å². The van der Waals surface area contributed by atoms with E-state index in [0.717, 1.165) is 24.3 Å². The Morgan fingerprint density at radius 1 is 1.00 bits per heavy atom. The molecule has 0 N–H and O–H groups in total. The molecule has 0 radical (unpaired) electrons. The van der Waals surface area contributed by atoms with Crippen molar-refractivity contribution in [1.82, 2.24) is 0 Å². The average molecular weight is 353 g/mol. The van der Waals surface area contributed by atoms with Gasteiger partial charge in [-0.05, 0) is 12.1 Å². The molecule has 0 aliphatic carbocycles. The first kappa shape index (κ1) is 17.2. The summed E-state index contributed by atoms with van der Waals surface area (Å²) in [4.78, 5) is 32.3.